The Kier molecular flexibility index (Phi) is 4.51. The fraction of sp³-hybridized carbons (Fsp3) is 0.615. The van der Waals surface area contributed by atoms with Gasteiger partial charge in [-0.25, -0.2) is 0 Å². The predicted molar refractivity (Wildman–Crippen MR) is 117 cm³/mol. The number of carbonyl (C=O) groups excluding carboxylic acids is 1. The number of likely N-dealkylation sites (tertiary alicyclic amines) is 1. The lowest BCUT2D eigenvalue weighted by Gasteiger charge is -2.57. The van der Waals surface area contributed by atoms with Gasteiger partial charge in [0.05, 0.1) is 0 Å². The van der Waals surface area contributed by atoms with Crippen LogP contribution >= 0.6 is 0 Å². The molecule has 4 aliphatic carbocycles. The molecule has 5 fully saturated rings. The van der Waals surface area contributed by atoms with Crippen molar-refractivity contribution >= 4 is 16.8 Å². The summed E-state index contributed by atoms with van der Waals surface area (Å²) in [6.45, 7) is 1.65. The number of hydrogen-bond donors (Lipinski definition) is 0. The van der Waals surface area contributed by atoms with Gasteiger partial charge >= 0.3 is 0 Å². The van der Waals surface area contributed by atoms with E-state index in [1.54, 1.807) is 0 Å². The van der Waals surface area contributed by atoms with Crippen LogP contribution in [0.2, 0.25) is 0 Å². The summed E-state index contributed by atoms with van der Waals surface area (Å²) in [7, 11) is 0. The molecular weight excluding hydrogens is 372 g/mol. The minimum absolute atomic E-state index is 0.168. The van der Waals surface area contributed by atoms with Crippen molar-refractivity contribution in [1.29, 1.82) is 0 Å². The number of piperidine rings is 1. The first-order valence-electron chi connectivity index (χ1n) is 11.9. The van der Waals surface area contributed by atoms with Crippen LogP contribution in [0.3, 0.4) is 0 Å². The molecule has 1 aliphatic heterocycles. The van der Waals surface area contributed by atoms with Crippen LogP contribution in [0.1, 0.15) is 57.8 Å². The van der Waals surface area contributed by atoms with Crippen molar-refractivity contribution in [2.45, 2.75) is 63.9 Å². The molecule has 2 heterocycles. The van der Waals surface area contributed by atoms with Crippen LogP contribution in [-0.2, 0) is 4.79 Å². The molecule has 0 N–H and O–H groups in total. The molecule has 1 aromatic carbocycles. The van der Waals surface area contributed by atoms with Crippen molar-refractivity contribution in [1.82, 2.24) is 9.88 Å². The Bertz CT molecular complexity index is 906. The fourth-order valence-electron chi connectivity index (χ4n) is 7.51. The van der Waals surface area contributed by atoms with Crippen molar-refractivity contribution in [2.24, 2.45) is 23.2 Å². The van der Waals surface area contributed by atoms with E-state index in [0.717, 1.165) is 66.8 Å². The average molecular weight is 405 g/mol. The maximum absolute atomic E-state index is 13.2. The maximum atomic E-state index is 13.2. The third kappa shape index (κ3) is 3.38. The number of pyridine rings is 1. The third-order valence-electron chi connectivity index (χ3n) is 8.38. The van der Waals surface area contributed by atoms with E-state index >= 15 is 0 Å². The second-order valence-corrected chi connectivity index (χ2v) is 10.6. The first-order chi connectivity index (χ1) is 14.7. The molecule has 4 heteroatoms. The molecule has 0 spiro atoms. The molecule has 2 aromatic rings. The van der Waals surface area contributed by atoms with Gasteiger partial charge in [0.25, 0.3) is 0 Å². The largest absolute Gasteiger partial charge is 0.488 e. The number of fused-ring (bicyclic) bond motifs is 1. The van der Waals surface area contributed by atoms with Gasteiger partial charge in [-0.05, 0) is 73.8 Å². The summed E-state index contributed by atoms with van der Waals surface area (Å²) < 4.78 is 6.33. The lowest BCUT2D eigenvalue weighted by molar-refractivity contribution is -0.141. The highest BCUT2D eigenvalue weighted by Gasteiger charge is 2.51. The standard InChI is InChI=1S/C26H32N2O2/c29-24(17-26-14-18-11-19(15-26)13-20(12-18)16-26)28-9-6-22(7-10-28)30-23-5-1-3-21-4-2-8-27-25(21)23/h1-5,8,18-20,22H,6-7,9-17H2. The van der Waals surface area contributed by atoms with Gasteiger partial charge in [-0.15, -0.1) is 0 Å². The second kappa shape index (κ2) is 7.25. The number of amides is 1. The van der Waals surface area contributed by atoms with E-state index in [9.17, 15) is 4.79 Å². The van der Waals surface area contributed by atoms with Crippen molar-refractivity contribution in [3.63, 3.8) is 0 Å². The summed E-state index contributed by atoms with van der Waals surface area (Å²) in [6, 6.07) is 10.1. The van der Waals surface area contributed by atoms with Crippen molar-refractivity contribution < 1.29 is 9.53 Å². The molecule has 4 saturated carbocycles. The molecular formula is C26H32N2O2. The first-order valence-corrected chi connectivity index (χ1v) is 11.9. The number of aromatic nitrogens is 1. The molecule has 158 valence electrons. The fourth-order valence-corrected chi connectivity index (χ4v) is 7.51. The summed E-state index contributed by atoms with van der Waals surface area (Å²) in [6.07, 6.45) is 12.9. The molecule has 7 rings (SSSR count). The lowest BCUT2D eigenvalue weighted by Crippen LogP contribution is -2.49. The highest BCUT2D eigenvalue weighted by atomic mass is 16.5. The molecule has 30 heavy (non-hydrogen) atoms. The van der Waals surface area contributed by atoms with Crippen molar-refractivity contribution in [3.05, 3.63) is 36.5 Å². The molecule has 4 bridgehead atoms. The normalized spacial score (nSPS) is 33.2. The van der Waals surface area contributed by atoms with E-state index in [1.807, 2.05) is 24.4 Å². The number of para-hydroxylation sites is 1. The maximum Gasteiger partial charge on any atom is 0.223 e. The van der Waals surface area contributed by atoms with E-state index in [0.29, 0.717) is 11.3 Å². The van der Waals surface area contributed by atoms with Gasteiger partial charge in [0, 0.05) is 43.9 Å². The van der Waals surface area contributed by atoms with E-state index < -0.39 is 0 Å². The molecule has 1 aromatic heterocycles. The third-order valence-corrected chi connectivity index (χ3v) is 8.38. The van der Waals surface area contributed by atoms with Gasteiger partial charge in [-0.2, -0.15) is 0 Å². The summed E-state index contributed by atoms with van der Waals surface area (Å²) in [4.78, 5) is 19.8. The van der Waals surface area contributed by atoms with Crippen molar-refractivity contribution in [2.75, 3.05) is 13.1 Å². The van der Waals surface area contributed by atoms with Gasteiger partial charge in [0.1, 0.15) is 17.4 Å². The van der Waals surface area contributed by atoms with Crippen LogP contribution in [0, 0.1) is 23.2 Å². The van der Waals surface area contributed by atoms with E-state index in [4.69, 9.17) is 4.74 Å². The highest BCUT2D eigenvalue weighted by molar-refractivity contribution is 5.84. The average Bonchev–Trinajstić information content (AvgIpc) is 2.73. The Hall–Kier alpha value is -2.10. The summed E-state index contributed by atoms with van der Waals surface area (Å²) in [5.41, 5.74) is 1.27. The Morgan fingerprint density at radius 3 is 2.37 bits per heavy atom. The van der Waals surface area contributed by atoms with E-state index in [2.05, 4.69) is 22.0 Å². The van der Waals surface area contributed by atoms with Gasteiger partial charge in [-0.1, -0.05) is 18.2 Å². The summed E-state index contributed by atoms with van der Waals surface area (Å²) >= 11 is 0. The summed E-state index contributed by atoms with van der Waals surface area (Å²) in [5, 5.41) is 1.11. The van der Waals surface area contributed by atoms with E-state index in [-0.39, 0.29) is 6.10 Å². The van der Waals surface area contributed by atoms with Crippen LogP contribution < -0.4 is 4.74 Å². The van der Waals surface area contributed by atoms with Gasteiger partial charge in [0.15, 0.2) is 0 Å². The van der Waals surface area contributed by atoms with Crippen LogP contribution in [0.25, 0.3) is 10.9 Å². The SMILES string of the molecule is O=C(CC12CC3CC(CC(C3)C1)C2)N1CCC(Oc2cccc3cccnc23)CC1. The number of nitrogens with zero attached hydrogens (tertiary/aromatic N) is 2. The molecule has 5 aliphatic rings. The Morgan fingerprint density at radius 1 is 1.00 bits per heavy atom. The van der Waals surface area contributed by atoms with Gasteiger partial charge < -0.3 is 9.64 Å². The minimum Gasteiger partial charge on any atom is -0.488 e. The molecule has 0 radical (unpaired) electrons. The number of hydrogen-bond acceptors (Lipinski definition) is 3. The lowest BCUT2D eigenvalue weighted by atomic mass is 9.49. The minimum atomic E-state index is 0.168. The molecule has 0 atom stereocenters. The number of benzene rings is 1. The topological polar surface area (TPSA) is 42.4 Å². The smallest absolute Gasteiger partial charge is 0.223 e. The Morgan fingerprint density at radius 2 is 1.67 bits per heavy atom. The second-order valence-electron chi connectivity index (χ2n) is 10.6. The predicted octanol–water partition coefficient (Wildman–Crippen LogP) is 5.21. The first kappa shape index (κ1) is 18.7. The molecule has 1 saturated heterocycles. The molecule has 0 unspecified atom stereocenters. The van der Waals surface area contributed by atoms with Crippen LogP contribution in [-0.4, -0.2) is 35.0 Å². The zero-order chi connectivity index (χ0) is 20.1. The highest BCUT2D eigenvalue weighted by Crippen LogP contribution is 2.61. The quantitative estimate of drug-likeness (QED) is 0.702. The molecule has 4 nitrogen and oxygen atoms in total. The monoisotopic (exact) mass is 404 g/mol. The van der Waals surface area contributed by atoms with Gasteiger partial charge in [0.2, 0.25) is 5.91 Å². The Labute approximate surface area is 179 Å². The zero-order valence-electron chi connectivity index (χ0n) is 17.8. The molecule has 1 amide bonds. The van der Waals surface area contributed by atoms with Crippen LogP contribution in [0.15, 0.2) is 36.5 Å². The zero-order valence-corrected chi connectivity index (χ0v) is 17.8. The number of rotatable bonds is 4. The van der Waals surface area contributed by atoms with Crippen LogP contribution in [0.4, 0.5) is 0 Å². The van der Waals surface area contributed by atoms with Crippen molar-refractivity contribution in [3.8, 4) is 5.75 Å². The number of ether oxygens (including phenoxy) is 1. The van der Waals surface area contributed by atoms with Gasteiger partial charge in [-0.3, -0.25) is 9.78 Å². The summed E-state index contributed by atoms with van der Waals surface area (Å²) in [5.74, 6) is 4.01. The van der Waals surface area contributed by atoms with Crippen LogP contribution in [0.5, 0.6) is 5.75 Å². The van der Waals surface area contributed by atoms with E-state index in [1.165, 1.54) is 38.5 Å². The Balaban J connectivity index is 1.07. The number of carbonyl (C=O) groups is 1.